The summed E-state index contributed by atoms with van der Waals surface area (Å²) in [4.78, 5) is 12.9. The number of nitrogens with zero attached hydrogens (tertiary/aromatic N) is 1. The fraction of sp³-hybridized carbons (Fsp3) is 0.409. The van der Waals surface area contributed by atoms with Gasteiger partial charge in [-0.25, -0.2) is 21.1 Å². The number of hydrogen-bond acceptors (Lipinski definition) is 5. The minimum atomic E-state index is -3.49. The van der Waals surface area contributed by atoms with Crippen molar-refractivity contribution in [2.75, 3.05) is 19.3 Å². The van der Waals surface area contributed by atoms with E-state index in [-0.39, 0.29) is 28.5 Å². The van der Waals surface area contributed by atoms with E-state index in [1.807, 2.05) is 6.92 Å². The minimum Gasteiger partial charge on any atom is -0.349 e. The summed E-state index contributed by atoms with van der Waals surface area (Å²) in [5.74, 6) is -0.521. The van der Waals surface area contributed by atoms with Crippen molar-refractivity contribution in [3.8, 4) is 0 Å². The molecule has 32 heavy (non-hydrogen) atoms. The van der Waals surface area contributed by atoms with Crippen LogP contribution in [0.15, 0.2) is 53.4 Å². The van der Waals surface area contributed by atoms with Crippen molar-refractivity contribution in [3.05, 3.63) is 64.7 Å². The molecular formula is C22H27ClN2O5S2. The standard InChI is InChI=1S/C22H27ClN2O5S2/c1-16(18-6-8-21(9-7-18)31(2,27)28)24-22(26)19-10-12-25(13-11-19)32(29,30)15-17-4-3-5-20(23)14-17/h3-9,14,16,19H,10-13,15H2,1-2H3,(H,24,26)/t16-/m0/s1. The van der Waals surface area contributed by atoms with E-state index in [1.54, 1.807) is 36.4 Å². The molecule has 174 valence electrons. The summed E-state index contributed by atoms with van der Waals surface area (Å²) in [5, 5.41) is 3.45. The lowest BCUT2D eigenvalue weighted by Gasteiger charge is -2.31. The lowest BCUT2D eigenvalue weighted by molar-refractivity contribution is -0.126. The van der Waals surface area contributed by atoms with Crippen molar-refractivity contribution in [2.45, 2.75) is 36.5 Å². The molecule has 7 nitrogen and oxygen atoms in total. The first kappa shape index (κ1) is 24.7. The number of carbonyl (C=O) groups excluding carboxylic acids is 1. The van der Waals surface area contributed by atoms with E-state index in [0.717, 1.165) is 11.8 Å². The number of halogens is 1. The van der Waals surface area contributed by atoms with Crippen LogP contribution in [-0.4, -0.2) is 46.4 Å². The first-order valence-corrected chi connectivity index (χ1v) is 14.2. The van der Waals surface area contributed by atoms with Crippen molar-refractivity contribution in [3.63, 3.8) is 0 Å². The molecule has 1 fully saturated rings. The van der Waals surface area contributed by atoms with Crippen molar-refractivity contribution in [1.82, 2.24) is 9.62 Å². The SMILES string of the molecule is C[C@H](NC(=O)C1CCN(S(=O)(=O)Cc2cccc(Cl)c2)CC1)c1ccc(S(C)(=O)=O)cc1. The molecule has 2 aromatic carbocycles. The third-order valence-electron chi connectivity index (χ3n) is 5.62. The minimum absolute atomic E-state index is 0.120. The largest absolute Gasteiger partial charge is 0.349 e. The molecule has 1 saturated heterocycles. The van der Waals surface area contributed by atoms with E-state index in [4.69, 9.17) is 11.6 Å². The third-order valence-corrected chi connectivity index (χ3v) is 8.84. The molecule has 1 aliphatic heterocycles. The van der Waals surface area contributed by atoms with Crippen molar-refractivity contribution >= 4 is 37.4 Å². The second kappa shape index (κ2) is 9.91. The Morgan fingerprint density at radius 3 is 2.28 bits per heavy atom. The molecule has 0 aliphatic carbocycles. The molecule has 1 N–H and O–H groups in total. The van der Waals surface area contributed by atoms with Gasteiger partial charge in [0, 0.05) is 30.3 Å². The van der Waals surface area contributed by atoms with Gasteiger partial charge >= 0.3 is 0 Å². The van der Waals surface area contributed by atoms with Crippen molar-refractivity contribution in [1.29, 1.82) is 0 Å². The average molecular weight is 499 g/mol. The molecule has 3 rings (SSSR count). The molecule has 0 saturated carbocycles. The second-order valence-electron chi connectivity index (χ2n) is 8.13. The van der Waals surface area contributed by atoms with Gasteiger partial charge in [-0.1, -0.05) is 35.9 Å². The number of sulfone groups is 1. The predicted molar refractivity (Wildman–Crippen MR) is 124 cm³/mol. The fourth-order valence-corrected chi connectivity index (χ4v) is 6.14. The molecule has 1 aliphatic rings. The van der Waals surface area contributed by atoms with E-state index < -0.39 is 19.9 Å². The number of nitrogens with one attached hydrogen (secondary N) is 1. The first-order valence-electron chi connectivity index (χ1n) is 10.3. The Kier molecular flexibility index (Phi) is 7.65. The predicted octanol–water partition coefficient (Wildman–Crippen LogP) is 3.16. The molecule has 0 aromatic heterocycles. The first-order chi connectivity index (χ1) is 15.0. The molecule has 0 bridgehead atoms. The normalized spacial score (nSPS) is 17.1. The van der Waals surface area contributed by atoms with Crippen LogP contribution in [0.4, 0.5) is 0 Å². The van der Waals surface area contributed by atoms with Gasteiger partial charge in [-0.3, -0.25) is 4.79 Å². The maximum atomic E-state index is 12.7. The van der Waals surface area contributed by atoms with E-state index in [0.29, 0.717) is 36.5 Å². The summed E-state index contributed by atoms with van der Waals surface area (Å²) in [6.07, 6.45) is 2.04. The molecule has 0 radical (unpaired) electrons. The number of benzene rings is 2. The maximum Gasteiger partial charge on any atom is 0.223 e. The topological polar surface area (TPSA) is 101 Å². The van der Waals surface area contributed by atoms with Crippen LogP contribution in [-0.2, 0) is 30.4 Å². The molecule has 1 amide bonds. The van der Waals surface area contributed by atoms with E-state index in [1.165, 1.54) is 16.4 Å². The van der Waals surface area contributed by atoms with Crippen molar-refractivity contribution in [2.24, 2.45) is 5.92 Å². The van der Waals surface area contributed by atoms with Gasteiger partial charge in [-0.2, -0.15) is 0 Å². The third kappa shape index (κ3) is 6.31. The Labute approximate surface area is 194 Å². The fourth-order valence-electron chi connectivity index (χ4n) is 3.74. The number of hydrogen-bond donors (Lipinski definition) is 1. The van der Waals surface area contributed by atoms with Crippen LogP contribution in [0.25, 0.3) is 0 Å². The zero-order valence-electron chi connectivity index (χ0n) is 18.0. The van der Waals surface area contributed by atoms with Crippen LogP contribution in [0.1, 0.15) is 36.9 Å². The van der Waals surface area contributed by atoms with Crippen LogP contribution >= 0.6 is 11.6 Å². The van der Waals surface area contributed by atoms with Gasteiger partial charge in [-0.05, 0) is 55.2 Å². The lowest BCUT2D eigenvalue weighted by Crippen LogP contribution is -2.43. The van der Waals surface area contributed by atoms with Gasteiger partial charge in [0.1, 0.15) is 0 Å². The van der Waals surface area contributed by atoms with Gasteiger partial charge in [0.15, 0.2) is 9.84 Å². The van der Waals surface area contributed by atoms with Crippen LogP contribution in [0.2, 0.25) is 5.02 Å². The Hall–Kier alpha value is -1.94. The van der Waals surface area contributed by atoms with Gasteiger partial charge in [0.25, 0.3) is 0 Å². The Balaban J connectivity index is 1.54. The average Bonchev–Trinajstić information content (AvgIpc) is 2.73. The van der Waals surface area contributed by atoms with Crippen LogP contribution < -0.4 is 5.32 Å². The quantitative estimate of drug-likeness (QED) is 0.632. The monoisotopic (exact) mass is 498 g/mol. The Bertz CT molecular complexity index is 1170. The smallest absolute Gasteiger partial charge is 0.223 e. The van der Waals surface area contributed by atoms with Gasteiger partial charge in [0.05, 0.1) is 16.7 Å². The molecule has 0 unspecified atom stereocenters. The summed E-state index contributed by atoms with van der Waals surface area (Å²) in [6.45, 7) is 2.41. The molecule has 2 aromatic rings. The number of carbonyl (C=O) groups is 1. The number of amides is 1. The van der Waals surface area contributed by atoms with Crippen LogP contribution in [0.3, 0.4) is 0 Å². The highest BCUT2D eigenvalue weighted by Crippen LogP contribution is 2.24. The Morgan fingerprint density at radius 1 is 1.09 bits per heavy atom. The zero-order chi connectivity index (χ0) is 23.5. The van der Waals surface area contributed by atoms with Crippen LogP contribution in [0.5, 0.6) is 0 Å². The highest BCUT2D eigenvalue weighted by atomic mass is 35.5. The molecule has 0 spiro atoms. The lowest BCUT2D eigenvalue weighted by atomic mass is 9.96. The van der Waals surface area contributed by atoms with Crippen LogP contribution in [0, 0.1) is 5.92 Å². The van der Waals surface area contributed by atoms with E-state index in [2.05, 4.69) is 5.32 Å². The molecule has 1 atom stereocenters. The van der Waals surface area contributed by atoms with Gasteiger partial charge < -0.3 is 5.32 Å². The zero-order valence-corrected chi connectivity index (χ0v) is 20.4. The molecule has 1 heterocycles. The van der Waals surface area contributed by atoms with Gasteiger partial charge in [0.2, 0.25) is 15.9 Å². The van der Waals surface area contributed by atoms with E-state index >= 15 is 0 Å². The summed E-state index contributed by atoms with van der Waals surface area (Å²) in [6, 6.07) is 12.9. The summed E-state index contributed by atoms with van der Waals surface area (Å²) >= 11 is 5.95. The second-order valence-corrected chi connectivity index (χ2v) is 12.6. The molecule has 10 heteroatoms. The summed E-state index contributed by atoms with van der Waals surface area (Å²) in [5.41, 5.74) is 1.43. The summed E-state index contributed by atoms with van der Waals surface area (Å²) < 4.78 is 50.1. The van der Waals surface area contributed by atoms with Gasteiger partial charge in [-0.15, -0.1) is 0 Å². The number of rotatable bonds is 7. The maximum absolute atomic E-state index is 12.7. The highest BCUT2D eigenvalue weighted by Gasteiger charge is 2.31. The number of piperidine rings is 1. The number of sulfonamides is 1. The summed E-state index contributed by atoms with van der Waals surface area (Å²) in [7, 11) is -6.76. The van der Waals surface area contributed by atoms with E-state index in [9.17, 15) is 21.6 Å². The Morgan fingerprint density at radius 2 is 1.72 bits per heavy atom. The highest BCUT2D eigenvalue weighted by molar-refractivity contribution is 7.90. The molecular weight excluding hydrogens is 472 g/mol. The van der Waals surface area contributed by atoms with Crippen molar-refractivity contribution < 1.29 is 21.6 Å².